The van der Waals surface area contributed by atoms with E-state index in [2.05, 4.69) is 0 Å². The molecule has 0 aliphatic heterocycles. The number of alkyl halides is 4. The smallest absolute Gasteiger partial charge is 0.416 e. The summed E-state index contributed by atoms with van der Waals surface area (Å²) >= 11 is 1.98. The van der Waals surface area contributed by atoms with Crippen LogP contribution < -0.4 is 4.74 Å². The van der Waals surface area contributed by atoms with E-state index in [0.717, 1.165) is 17.7 Å². The summed E-state index contributed by atoms with van der Waals surface area (Å²) in [7, 11) is 0. The summed E-state index contributed by atoms with van der Waals surface area (Å²) in [5, 5.41) is 0. The molecule has 0 N–H and O–H groups in total. The molecule has 152 valence electrons. The molecular formula is C21H16F3IO4. The highest BCUT2D eigenvalue weighted by atomic mass is 127. The first-order valence-corrected chi connectivity index (χ1v) is 10.6. The van der Waals surface area contributed by atoms with E-state index < -0.39 is 17.7 Å². The molecule has 2 aromatic rings. The highest BCUT2D eigenvalue weighted by Gasteiger charge is 2.65. The summed E-state index contributed by atoms with van der Waals surface area (Å²) in [6.07, 6.45) is -4.42. The maximum atomic E-state index is 12.9. The molecule has 0 spiro atoms. The molecule has 29 heavy (non-hydrogen) atoms. The Balaban J connectivity index is 1.57. The summed E-state index contributed by atoms with van der Waals surface area (Å²) < 4.78 is 49.9. The van der Waals surface area contributed by atoms with Crippen molar-refractivity contribution in [1.29, 1.82) is 0 Å². The number of hydrogen-bond donors (Lipinski definition) is 0. The summed E-state index contributed by atoms with van der Waals surface area (Å²) in [4.78, 5) is 24.6. The topological polar surface area (TPSA) is 52.6 Å². The van der Waals surface area contributed by atoms with Crippen LogP contribution in [0.2, 0.25) is 0 Å². The molecule has 0 amide bonds. The van der Waals surface area contributed by atoms with E-state index in [1.807, 2.05) is 22.6 Å². The van der Waals surface area contributed by atoms with Crippen molar-refractivity contribution in [2.24, 2.45) is 11.8 Å². The molecule has 1 unspecified atom stereocenters. The Labute approximate surface area is 178 Å². The average Bonchev–Trinajstić information content (AvgIpc) is 3.36. The van der Waals surface area contributed by atoms with Gasteiger partial charge in [0.05, 0.1) is 18.1 Å². The number of carbonyl (C=O) groups is 2. The third-order valence-corrected chi connectivity index (χ3v) is 6.11. The second-order valence-corrected chi connectivity index (χ2v) is 7.76. The van der Waals surface area contributed by atoms with Crippen LogP contribution in [0.1, 0.15) is 39.9 Å². The fraction of sp³-hybridized carbons (Fsp3) is 0.333. The average molecular weight is 516 g/mol. The highest BCUT2D eigenvalue weighted by molar-refractivity contribution is 14.1. The van der Waals surface area contributed by atoms with Gasteiger partial charge in [0.1, 0.15) is 11.5 Å². The lowest BCUT2D eigenvalue weighted by Crippen LogP contribution is -2.14. The molecule has 0 saturated heterocycles. The Morgan fingerprint density at radius 1 is 1.14 bits per heavy atom. The van der Waals surface area contributed by atoms with E-state index in [4.69, 9.17) is 9.47 Å². The molecule has 1 saturated carbocycles. The van der Waals surface area contributed by atoms with E-state index in [1.54, 1.807) is 25.1 Å². The van der Waals surface area contributed by atoms with Crippen molar-refractivity contribution in [1.82, 2.24) is 0 Å². The Bertz CT molecular complexity index is 1000. The van der Waals surface area contributed by atoms with Crippen LogP contribution in [0.15, 0.2) is 36.4 Å². The largest absolute Gasteiger partial charge is 0.466 e. The van der Waals surface area contributed by atoms with E-state index in [9.17, 15) is 22.8 Å². The number of esters is 1. The molecule has 2 aliphatic carbocycles. The summed E-state index contributed by atoms with van der Waals surface area (Å²) in [6, 6.07) is 8.35. The first kappa shape index (κ1) is 20.2. The van der Waals surface area contributed by atoms with Crippen molar-refractivity contribution < 1.29 is 32.2 Å². The number of benzene rings is 2. The van der Waals surface area contributed by atoms with Crippen LogP contribution in [0.25, 0.3) is 0 Å². The number of hydrogen-bond acceptors (Lipinski definition) is 4. The maximum absolute atomic E-state index is 12.9. The van der Waals surface area contributed by atoms with Crippen LogP contribution in [-0.2, 0) is 20.1 Å². The second-order valence-electron chi connectivity index (χ2n) is 7.00. The van der Waals surface area contributed by atoms with Gasteiger partial charge >= 0.3 is 12.1 Å². The highest BCUT2D eigenvalue weighted by Crippen LogP contribution is 2.62. The van der Waals surface area contributed by atoms with Gasteiger partial charge in [-0.25, -0.2) is 0 Å². The first-order valence-electron chi connectivity index (χ1n) is 9.05. The molecule has 3 atom stereocenters. The lowest BCUT2D eigenvalue weighted by atomic mass is 10.0. The number of halogens is 4. The zero-order valence-corrected chi connectivity index (χ0v) is 17.4. The fourth-order valence-electron chi connectivity index (χ4n) is 3.93. The molecule has 2 aliphatic rings. The minimum atomic E-state index is -4.42. The van der Waals surface area contributed by atoms with Crippen molar-refractivity contribution >= 4 is 34.3 Å². The zero-order chi connectivity index (χ0) is 20.9. The number of Topliss-reactive ketones (excluding diaryl/α,β-unsaturated/α-hetero) is 1. The van der Waals surface area contributed by atoms with Crippen molar-refractivity contribution in [2.45, 2.75) is 23.4 Å². The molecule has 0 aromatic heterocycles. The quantitative estimate of drug-likeness (QED) is 0.299. The SMILES string of the molecule is CCOC(=O)[C@@H]1C2c3ccc(Oc4ccc(C(F)(F)F)cc4CI)cc3C(=O)[C@H]21. The van der Waals surface area contributed by atoms with Crippen LogP contribution in [0.3, 0.4) is 0 Å². The monoisotopic (exact) mass is 516 g/mol. The van der Waals surface area contributed by atoms with E-state index in [-0.39, 0.29) is 30.2 Å². The van der Waals surface area contributed by atoms with Crippen LogP contribution >= 0.6 is 22.6 Å². The number of rotatable bonds is 5. The van der Waals surface area contributed by atoms with Gasteiger partial charge < -0.3 is 9.47 Å². The molecule has 8 heteroatoms. The third-order valence-electron chi connectivity index (χ3n) is 5.29. The predicted molar refractivity (Wildman–Crippen MR) is 106 cm³/mol. The van der Waals surface area contributed by atoms with E-state index in [0.29, 0.717) is 27.1 Å². The van der Waals surface area contributed by atoms with Gasteiger partial charge in [-0.1, -0.05) is 28.7 Å². The number of ketones is 1. The van der Waals surface area contributed by atoms with Crippen molar-refractivity contribution in [2.75, 3.05) is 6.61 Å². The Hall–Kier alpha value is -2.10. The van der Waals surface area contributed by atoms with Crippen molar-refractivity contribution in [3.8, 4) is 11.5 Å². The third kappa shape index (κ3) is 3.51. The fourth-order valence-corrected chi connectivity index (χ4v) is 4.52. The molecule has 1 fully saturated rings. The van der Waals surface area contributed by atoms with Crippen LogP contribution in [0.5, 0.6) is 11.5 Å². The Morgan fingerprint density at radius 3 is 2.55 bits per heavy atom. The van der Waals surface area contributed by atoms with Crippen LogP contribution in [0.4, 0.5) is 13.2 Å². The van der Waals surface area contributed by atoms with Gasteiger partial charge in [-0.15, -0.1) is 0 Å². The minimum absolute atomic E-state index is 0.116. The number of carbonyl (C=O) groups excluding carboxylic acids is 2. The second kappa shape index (κ2) is 7.30. The lowest BCUT2D eigenvalue weighted by Gasteiger charge is -2.14. The van der Waals surface area contributed by atoms with E-state index in [1.165, 1.54) is 6.07 Å². The maximum Gasteiger partial charge on any atom is 0.416 e. The lowest BCUT2D eigenvalue weighted by molar-refractivity contribution is -0.145. The van der Waals surface area contributed by atoms with Gasteiger partial charge in [-0.05, 0) is 42.8 Å². The Kier molecular flexibility index (Phi) is 5.08. The normalized spacial score (nSPS) is 22.1. The van der Waals surface area contributed by atoms with Gasteiger partial charge in [0.2, 0.25) is 0 Å². The van der Waals surface area contributed by atoms with Crippen LogP contribution in [-0.4, -0.2) is 18.4 Å². The molecule has 4 nitrogen and oxygen atoms in total. The predicted octanol–water partition coefficient (Wildman–Crippen LogP) is 5.52. The van der Waals surface area contributed by atoms with Gasteiger partial charge in [-0.2, -0.15) is 13.2 Å². The van der Waals surface area contributed by atoms with Gasteiger partial charge in [0.15, 0.2) is 5.78 Å². The van der Waals surface area contributed by atoms with Gasteiger partial charge in [0.25, 0.3) is 0 Å². The molecule has 2 aromatic carbocycles. The minimum Gasteiger partial charge on any atom is -0.466 e. The molecule has 0 bridgehead atoms. The number of fused-ring (bicyclic) bond motifs is 3. The number of ether oxygens (including phenoxy) is 2. The van der Waals surface area contributed by atoms with Crippen LogP contribution in [0, 0.1) is 11.8 Å². The van der Waals surface area contributed by atoms with Gasteiger partial charge in [0, 0.05) is 27.4 Å². The standard InChI is InChI=1S/C21H16F3IO4/c1-2-28-20(27)18-16-13-5-4-12(8-14(13)19(26)17(16)18)29-15-6-3-11(21(22,23)24)7-10(15)9-25/h3-8,16-18H,2,9H2,1H3/t16?,17-,18-/m1/s1. The van der Waals surface area contributed by atoms with Gasteiger partial charge in [-0.3, -0.25) is 9.59 Å². The summed E-state index contributed by atoms with van der Waals surface area (Å²) in [5.74, 6) is -0.725. The summed E-state index contributed by atoms with van der Waals surface area (Å²) in [5.41, 5.74) is 0.983. The van der Waals surface area contributed by atoms with Crippen molar-refractivity contribution in [3.05, 3.63) is 58.7 Å². The molecule has 0 radical (unpaired) electrons. The summed E-state index contributed by atoms with van der Waals surface area (Å²) in [6.45, 7) is 2.00. The molecule has 0 heterocycles. The Morgan fingerprint density at radius 2 is 1.90 bits per heavy atom. The first-order chi connectivity index (χ1) is 13.8. The molecular weight excluding hydrogens is 500 g/mol. The van der Waals surface area contributed by atoms with E-state index >= 15 is 0 Å². The zero-order valence-electron chi connectivity index (χ0n) is 15.3. The molecule has 4 rings (SSSR count). The van der Waals surface area contributed by atoms with Crippen molar-refractivity contribution in [3.63, 3.8) is 0 Å².